The third kappa shape index (κ3) is 21.6. The lowest BCUT2D eigenvalue weighted by Gasteiger charge is -2.29. The predicted molar refractivity (Wildman–Crippen MR) is 475 cm³/mol. The topological polar surface area (TPSA) is 137 Å². The van der Waals surface area contributed by atoms with Crippen LogP contribution in [0.25, 0.3) is 22.3 Å². The molecular weight excluding hydrogens is 1450 g/mol. The van der Waals surface area contributed by atoms with Gasteiger partial charge in [-0.05, 0) is 268 Å². The first-order valence-electron chi connectivity index (χ1n) is 39.6. The molecule has 0 saturated carbocycles. The molecule has 0 heterocycles. The first kappa shape index (κ1) is 82.7. The lowest BCUT2D eigenvalue weighted by atomic mass is 9.82. The molecule has 14 heteroatoms. The Labute approximate surface area is 688 Å². The lowest BCUT2D eigenvalue weighted by molar-refractivity contribution is -0.138. The Hall–Kier alpha value is -13.7. The van der Waals surface area contributed by atoms with Crippen LogP contribution >= 0.6 is 0 Å². The standard InChI is InChI=1S/C53H52N2O4.C50H48N2O6/c1-7-51(56)58-33-9-11-39-17-25-43(26-18-39)54(41-21-13-37(3)14-22-41)45-29-31-47-48-32-30-46(36-50(48)53(5,6)49(47)35-45)55(42-23-15-38(4)16-24-42)44-27-19-40(20-28-44)12-10-34-59-52(57)8-2;1-5-49(53)57-35-7-33-55-47-29-25-45(26-30-47)51(41-17-9-37(3)10-18-41)43-21-13-39(14-22-43)40-15-23-44(24-16-40)52(42-19-11-38(4)12-20-42)46-27-31-48(32-28-46)56-34-8-36-58-50(54)6-2/h7-8,13-32,35-36H,1-2,9-12,33-34H2,3-6H3;5-6,9-32H,1-2,7-8,33-36H2,3-4H3. The fraction of sp³-hybridized carbons (Fsp3) is 0.184. The Morgan fingerprint density at radius 2 is 0.504 bits per heavy atom. The van der Waals surface area contributed by atoms with Crippen LogP contribution in [0.4, 0.5) is 68.2 Å². The molecule has 0 saturated heterocycles. The summed E-state index contributed by atoms with van der Waals surface area (Å²) >= 11 is 0. The van der Waals surface area contributed by atoms with Gasteiger partial charge in [0.25, 0.3) is 0 Å². The van der Waals surface area contributed by atoms with Gasteiger partial charge in [-0.2, -0.15) is 0 Å². The second-order valence-corrected chi connectivity index (χ2v) is 29.3. The summed E-state index contributed by atoms with van der Waals surface area (Å²) in [5.41, 5.74) is 26.8. The number of ether oxygens (including phenoxy) is 6. The van der Waals surface area contributed by atoms with E-state index in [4.69, 9.17) is 28.4 Å². The Kier molecular flexibility index (Phi) is 28.2. The van der Waals surface area contributed by atoms with Crippen LogP contribution in [0.15, 0.2) is 330 Å². The van der Waals surface area contributed by atoms with Crippen molar-refractivity contribution in [3.8, 4) is 33.8 Å². The summed E-state index contributed by atoms with van der Waals surface area (Å²) in [6.45, 7) is 29.0. The van der Waals surface area contributed by atoms with E-state index in [1.165, 1.54) is 67.8 Å². The average Bonchev–Trinajstić information content (AvgIpc) is 1.57. The number of carbonyl (C=O) groups excluding carboxylic acids is 4. The molecule has 0 aliphatic heterocycles. The van der Waals surface area contributed by atoms with E-state index in [1.54, 1.807) is 0 Å². The highest BCUT2D eigenvalue weighted by Crippen LogP contribution is 2.53. The molecule has 14 nitrogen and oxygen atoms in total. The molecule has 0 fully saturated rings. The van der Waals surface area contributed by atoms with Gasteiger partial charge in [0.05, 0.1) is 39.6 Å². The van der Waals surface area contributed by atoms with Crippen LogP contribution in [0.1, 0.15) is 84.0 Å². The highest BCUT2D eigenvalue weighted by atomic mass is 16.5. The summed E-state index contributed by atoms with van der Waals surface area (Å²) in [5, 5.41) is 0. The third-order valence-electron chi connectivity index (χ3n) is 20.5. The monoisotopic (exact) mass is 1550 g/mol. The van der Waals surface area contributed by atoms with Gasteiger partial charge in [-0.3, -0.25) is 0 Å². The van der Waals surface area contributed by atoms with E-state index < -0.39 is 11.9 Å². The second kappa shape index (κ2) is 39.8. The summed E-state index contributed by atoms with van der Waals surface area (Å²) in [4.78, 5) is 54.6. The summed E-state index contributed by atoms with van der Waals surface area (Å²) in [5.74, 6) is -0.157. The lowest BCUT2D eigenvalue weighted by Crippen LogP contribution is -2.17. The number of anilines is 12. The Morgan fingerprint density at radius 3 is 0.769 bits per heavy atom. The molecule has 0 radical (unpaired) electrons. The van der Waals surface area contributed by atoms with Crippen molar-refractivity contribution in [3.05, 3.63) is 374 Å². The normalized spacial score (nSPS) is 11.4. The summed E-state index contributed by atoms with van der Waals surface area (Å²) in [7, 11) is 0. The summed E-state index contributed by atoms with van der Waals surface area (Å²) < 4.78 is 32.2. The molecule has 0 unspecified atom stereocenters. The quantitative estimate of drug-likeness (QED) is 0.0161. The van der Waals surface area contributed by atoms with Crippen molar-refractivity contribution in [1.82, 2.24) is 0 Å². The summed E-state index contributed by atoms with van der Waals surface area (Å²) in [6, 6.07) is 98.7. The van der Waals surface area contributed by atoms with Crippen molar-refractivity contribution in [1.29, 1.82) is 0 Å². The minimum Gasteiger partial charge on any atom is -0.493 e. The highest BCUT2D eigenvalue weighted by Gasteiger charge is 2.37. The molecule has 0 aromatic heterocycles. The average molecular weight is 1550 g/mol. The van der Waals surface area contributed by atoms with E-state index in [0.717, 1.165) is 129 Å². The van der Waals surface area contributed by atoms with Crippen molar-refractivity contribution in [2.24, 2.45) is 0 Å². The number of hydrogen-bond donors (Lipinski definition) is 0. The highest BCUT2D eigenvalue weighted by molar-refractivity contribution is 5.90. The molecule has 1 aliphatic carbocycles. The van der Waals surface area contributed by atoms with Gasteiger partial charge in [0.15, 0.2) is 0 Å². The molecular formula is C103H100N4O10. The van der Waals surface area contributed by atoms with Gasteiger partial charge in [0.1, 0.15) is 11.5 Å². The molecule has 117 heavy (non-hydrogen) atoms. The zero-order chi connectivity index (χ0) is 82.2. The fourth-order valence-electron chi connectivity index (χ4n) is 14.1. The molecule has 0 atom stereocenters. The number of benzene rings is 12. The first-order valence-corrected chi connectivity index (χ1v) is 39.6. The number of hydrogen-bond acceptors (Lipinski definition) is 14. The Bertz CT molecular complexity index is 5040. The van der Waals surface area contributed by atoms with E-state index in [-0.39, 0.29) is 30.6 Å². The van der Waals surface area contributed by atoms with Crippen molar-refractivity contribution in [2.45, 2.75) is 85.5 Å². The molecule has 12 aromatic rings. The maximum atomic E-state index is 11.5. The maximum absolute atomic E-state index is 11.5. The molecule has 0 bridgehead atoms. The Morgan fingerprint density at radius 1 is 0.282 bits per heavy atom. The van der Waals surface area contributed by atoms with E-state index in [1.807, 2.05) is 48.5 Å². The third-order valence-corrected chi connectivity index (χ3v) is 20.5. The molecule has 0 N–H and O–H groups in total. The SMILES string of the molecule is C=CC(=O)OCCCOc1ccc(N(c2ccc(C)cc2)c2ccc(-c3ccc(N(c4ccc(C)cc4)c4ccc(OCCCOC(=O)C=C)cc4)cc3)cc2)cc1.C=CC(=O)OCCCc1ccc(N(c2ccc(C)cc2)c2ccc3c(c2)C(C)(C)c2cc(N(c4ccc(C)cc4)c4ccc(CCCOC(=O)C=C)cc4)ccc2-3)cc1. The molecule has 12 aromatic carbocycles. The van der Waals surface area contributed by atoms with Crippen LogP contribution in [-0.4, -0.2) is 63.5 Å². The van der Waals surface area contributed by atoms with Crippen molar-refractivity contribution >= 4 is 92.1 Å². The van der Waals surface area contributed by atoms with Gasteiger partial charge in [-0.25, -0.2) is 19.2 Å². The van der Waals surface area contributed by atoms with E-state index in [2.05, 4.69) is 318 Å². The van der Waals surface area contributed by atoms with Crippen LogP contribution in [0.5, 0.6) is 11.5 Å². The fourth-order valence-corrected chi connectivity index (χ4v) is 14.1. The minimum atomic E-state index is -0.432. The van der Waals surface area contributed by atoms with Crippen molar-refractivity contribution in [3.63, 3.8) is 0 Å². The van der Waals surface area contributed by atoms with E-state index in [0.29, 0.717) is 39.3 Å². The molecule has 0 spiro atoms. The van der Waals surface area contributed by atoms with Crippen LogP contribution in [0, 0.1) is 27.7 Å². The number of fused-ring (bicyclic) bond motifs is 3. The first-order chi connectivity index (χ1) is 56.9. The van der Waals surface area contributed by atoms with E-state index >= 15 is 0 Å². The molecule has 0 amide bonds. The van der Waals surface area contributed by atoms with Crippen LogP contribution < -0.4 is 29.1 Å². The number of nitrogens with zero attached hydrogens (tertiary/aromatic N) is 4. The molecule has 1 aliphatic rings. The molecule has 592 valence electrons. The number of aryl methyl sites for hydroxylation is 6. The van der Waals surface area contributed by atoms with E-state index in [9.17, 15) is 19.2 Å². The van der Waals surface area contributed by atoms with Crippen LogP contribution in [0.2, 0.25) is 0 Å². The summed E-state index contributed by atoms with van der Waals surface area (Å²) in [6.07, 6.45) is 9.00. The number of rotatable bonds is 35. The van der Waals surface area contributed by atoms with Crippen LogP contribution in [-0.2, 0) is 56.4 Å². The predicted octanol–water partition coefficient (Wildman–Crippen LogP) is 24.8. The largest absolute Gasteiger partial charge is 0.493 e. The number of carbonyl (C=O) groups is 4. The van der Waals surface area contributed by atoms with Crippen LogP contribution in [0.3, 0.4) is 0 Å². The number of esters is 4. The van der Waals surface area contributed by atoms with Crippen molar-refractivity contribution < 1.29 is 47.6 Å². The zero-order valence-electron chi connectivity index (χ0n) is 67.6. The zero-order valence-corrected chi connectivity index (χ0v) is 67.6. The Balaban J connectivity index is 0.000000215. The minimum absolute atomic E-state index is 0.271. The van der Waals surface area contributed by atoms with Gasteiger partial charge in [-0.1, -0.05) is 172 Å². The van der Waals surface area contributed by atoms with Gasteiger partial charge >= 0.3 is 23.9 Å². The van der Waals surface area contributed by atoms with Gasteiger partial charge in [-0.15, -0.1) is 0 Å². The van der Waals surface area contributed by atoms with Gasteiger partial charge in [0, 0.05) is 111 Å². The van der Waals surface area contributed by atoms with Gasteiger partial charge < -0.3 is 48.0 Å². The van der Waals surface area contributed by atoms with Crippen molar-refractivity contribution in [2.75, 3.05) is 59.2 Å². The second-order valence-electron chi connectivity index (χ2n) is 29.3. The smallest absolute Gasteiger partial charge is 0.330 e. The van der Waals surface area contributed by atoms with Gasteiger partial charge in [0.2, 0.25) is 0 Å². The maximum Gasteiger partial charge on any atom is 0.330 e. The molecule has 13 rings (SSSR count).